The molecule has 0 amide bonds. The van der Waals surface area contributed by atoms with Crippen molar-refractivity contribution >= 4 is 27.8 Å². The van der Waals surface area contributed by atoms with Gasteiger partial charge in [-0.3, -0.25) is 0 Å². The highest BCUT2D eigenvalue weighted by atomic mass is 19.1. The molecule has 2 aromatic carbocycles. The predicted molar refractivity (Wildman–Crippen MR) is 146 cm³/mol. The average molecular weight is 528 g/mol. The van der Waals surface area contributed by atoms with Crippen molar-refractivity contribution in [2.24, 2.45) is 5.92 Å². The Kier molecular flexibility index (Phi) is 6.64. The first kappa shape index (κ1) is 25.2. The predicted octanol–water partition coefficient (Wildman–Crippen LogP) is 6.79. The number of esters is 1. The van der Waals surface area contributed by atoms with Gasteiger partial charge in [0.15, 0.2) is 0 Å². The maximum absolute atomic E-state index is 16.1. The van der Waals surface area contributed by atoms with Crippen molar-refractivity contribution in [3.05, 3.63) is 83.3 Å². The quantitative estimate of drug-likeness (QED) is 0.226. The van der Waals surface area contributed by atoms with Gasteiger partial charge >= 0.3 is 5.97 Å². The smallest absolute Gasteiger partial charge is 0.356 e. The number of carbonyl (C=O) groups is 1. The summed E-state index contributed by atoms with van der Waals surface area (Å²) in [5.41, 5.74) is 4.93. The highest BCUT2D eigenvalue weighted by Gasteiger charge is 2.31. The minimum Gasteiger partial charge on any atom is -0.461 e. The van der Waals surface area contributed by atoms with Crippen molar-refractivity contribution in [3.8, 4) is 11.1 Å². The van der Waals surface area contributed by atoms with Gasteiger partial charge in [0.2, 0.25) is 0 Å². The summed E-state index contributed by atoms with van der Waals surface area (Å²) in [7, 11) is 0. The van der Waals surface area contributed by atoms with Crippen LogP contribution in [0.25, 0.3) is 32.9 Å². The number of hydrogen-bond donors (Lipinski definition) is 0. The average Bonchev–Trinajstić information content (AvgIpc) is 3.46. The monoisotopic (exact) mass is 527 g/mol. The van der Waals surface area contributed by atoms with Gasteiger partial charge in [0, 0.05) is 35.7 Å². The molecule has 0 saturated carbocycles. The van der Waals surface area contributed by atoms with E-state index in [1.54, 1.807) is 19.2 Å². The molecule has 7 nitrogen and oxygen atoms in total. The Labute approximate surface area is 225 Å². The van der Waals surface area contributed by atoms with E-state index in [0.29, 0.717) is 41.0 Å². The lowest BCUT2D eigenvalue weighted by molar-refractivity contribution is 0.0519. The van der Waals surface area contributed by atoms with Crippen LogP contribution >= 0.6 is 0 Å². The number of pyridine rings is 1. The van der Waals surface area contributed by atoms with Crippen molar-refractivity contribution in [3.63, 3.8) is 0 Å². The van der Waals surface area contributed by atoms with Gasteiger partial charge in [-0.1, -0.05) is 35.5 Å². The van der Waals surface area contributed by atoms with Crippen LogP contribution in [0.1, 0.15) is 53.3 Å². The zero-order valence-corrected chi connectivity index (χ0v) is 22.2. The Bertz CT molecular complexity index is 1650. The SMILES string of the molecule is CCOC(=O)c1cc2c(cn1)c1c(F)cc(-c3c(C)noc3C)cc1n2C(c1ccccc1)C1CCOCC1. The summed E-state index contributed by atoms with van der Waals surface area (Å²) in [6.45, 7) is 7.02. The van der Waals surface area contributed by atoms with Crippen LogP contribution in [0.2, 0.25) is 0 Å². The number of hydrogen-bond acceptors (Lipinski definition) is 6. The molecular formula is C31H30FN3O4. The normalized spacial score (nSPS) is 15.2. The molecule has 4 heterocycles. The molecule has 3 aromatic heterocycles. The van der Waals surface area contributed by atoms with Gasteiger partial charge in [-0.2, -0.15) is 0 Å². The van der Waals surface area contributed by atoms with Gasteiger partial charge in [-0.25, -0.2) is 14.2 Å². The van der Waals surface area contributed by atoms with Crippen molar-refractivity contribution in [1.82, 2.24) is 14.7 Å². The lowest BCUT2D eigenvalue weighted by Crippen LogP contribution is -2.27. The number of aryl methyl sites for hydroxylation is 2. The van der Waals surface area contributed by atoms with Gasteiger partial charge in [-0.15, -0.1) is 0 Å². The van der Waals surface area contributed by atoms with Crippen LogP contribution in [-0.2, 0) is 9.47 Å². The van der Waals surface area contributed by atoms with Crippen LogP contribution in [-0.4, -0.2) is 40.5 Å². The third-order valence-corrected chi connectivity index (χ3v) is 7.68. The minimum atomic E-state index is -0.504. The molecule has 0 N–H and O–H groups in total. The van der Waals surface area contributed by atoms with Crippen molar-refractivity contribution < 1.29 is 23.2 Å². The highest BCUT2D eigenvalue weighted by molar-refractivity contribution is 6.10. The van der Waals surface area contributed by atoms with Crippen LogP contribution in [0, 0.1) is 25.6 Å². The molecule has 1 atom stereocenters. The maximum atomic E-state index is 16.1. The lowest BCUT2D eigenvalue weighted by Gasteiger charge is -2.33. The Hall–Kier alpha value is -4.04. The van der Waals surface area contributed by atoms with Crippen molar-refractivity contribution in [1.29, 1.82) is 0 Å². The molecule has 39 heavy (non-hydrogen) atoms. The van der Waals surface area contributed by atoms with E-state index in [2.05, 4.69) is 26.8 Å². The number of aromatic nitrogens is 3. The molecule has 1 aliphatic heterocycles. The van der Waals surface area contributed by atoms with Gasteiger partial charge in [0.1, 0.15) is 17.3 Å². The fraction of sp³-hybridized carbons (Fsp3) is 0.323. The molecule has 0 spiro atoms. The largest absolute Gasteiger partial charge is 0.461 e. The fourth-order valence-electron chi connectivity index (χ4n) is 5.98. The van der Waals surface area contributed by atoms with E-state index in [4.69, 9.17) is 14.0 Å². The van der Waals surface area contributed by atoms with E-state index in [-0.39, 0.29) is 30.1 Å². The van der Waals surface area contributed by atoms with E-state index >= 15 is 4.39 Å². The Morgan fingerprint density at radius 2 is 1.90 bits per heavy atom. The number of nitrogens with zero attached hydrogens (tertiary/aromatic N) is 3. The number of fused-ring (bicyclic) bond motifs is 3. The minimum absolute atomic E-state index is 0.119. The van der Waals surface area contributed by atoms with Gasteiger partial charge in [0.25, 0.3) is 0 Å². The van der Waals surface area contributed by atoms with Crippen LogP contribution in [0.15, 0.2) is 59.3 Å². The van der Waals surface area contributed by atoms with Gasteiger partial charge in [-0.05, 0) is 68.9 Å². The summed E-state index contributed by atoms with van der Waals surface area (Å²) in [4.78, 5) is 17.1. The lowest BCUT2D eigenvalue weighted by atomic mass is 9.86. The van der Waals surface area contributed by atoms with Gasteiger partial charge < -0.3 is 18.6 Å². The molecule has 8 heteroatoms. The summed E-state index contributed by atoms with van der Waals surface area (Å²) < 4.78 is 34.7. The van der Waals surface area contributed by atoms with E-state index in [0.717, 1.165) is 35.0 Å². The molecule has 1 saturated heterocycles. The second-order valence-electron chi connectivity index (χ2n) is 10.0. The van der Waals surface area contributed by atoms with E-state index < -0.39 is 5.97 Å². The number of carbonyl (C=O) groups excluding carboxylic acids is 1. The molecule has 5 aromatic rings. The van der Waals surface area contributed by atoms with E-state index in [1.165, 1.54) is 6.07 Å². The summed E-state index contributed by atoms with van der Waals surface area (Å²) >= 11 is 0. The highest BCUT2D eigenvalue weighted by Crippen LogP contribution is 2.43. The van der Waals surface area contributed by atoms with Crippen LogP contribution < -0.4 is 0 Å². The number of ether oxygens (including phenoxy) is 2. The summed E-state index contributed by atoms with van der Waals surface area (Å²) in [6, 6.07) is 15.4. The number of benzene rings is 2. The van der Waals surface area contributed by atoms with E-state index in [1.807, 2.05) is 38.1 Å². The zero-order chi connectivity index (χ0) is 27.1. The zero-order valence-electron chi connectivity index (χ0n) is 22.2. The molecule has 1 fully saturated rings. The second kappa shape index (κ2) is 10.3. The standard InChI is InChI=1S/C31H30FN3O4/c1-4-38-31(36)25-16-26-23(17-33-25)29-24(32)14-22(28-18(2)34-39-19(28)3)15-27(29)35(26)30(20-8-6-5-7-9-20)21-10-12-37-13-11-21/h5-9,14-17,21,30H,4,10-13H2,1-3H3. The molecule has 0 aliphatic carbocycles. The summed E-state index contributed by atoms with van der Waals surface area (Å²) in [5, 5.41) is 5.21. The molecule has 1 aliphatic rings. The first-order chi connectivity index (χ1) is 19.0. The number of halogens is 1. The van der Waals surface area contributed by atoms with Crippen LogP contribution in [0.5, 0.6) is 0 Å². The molecule has 200 valence electrons. The summed E-state index contributed by atoms with van der Waals surface area (Å²) in [5.74, 6) is 0.000272. The summed E-state index contributed by atoms with van der Waals surface area (Å²) in [6.07, 6.45) is 3.32. The Morgan fingerprint density at radius 3 is 2.59 bits per heavy atom. The second-order valence-corrected chi connectivity index (χ2v) is 10.0. The molecule has 0 bridgehead atoms. The van der Waals surface area contributed by atoms with Crippen LogP contribution in [0.3, 0.4) is 0 Å². The third kappa shape index (κ3) is 4.38. The molecule has 0 radical (unpaired) electrons. The Morgan fingerprint density at radius 1 is 1.13 bits per heavy atom. The molecular weight excluding hydrogens is 497 g/mol. The molecule has 1 unspecified atom stereocenters. The van der Waals surface area contributed by atoms with Crippen molar-refractivity contribution in [2.75, 3.05) is 19.8 Å². The number of rotatable bonds is 6. The van der Waals surface area contributed by atoms with Gasteiger partial charge in [0.05, 0.1) is 29.4 Å². The molecule has 6 rings (SSSR count). The first-order valence-electron chi connectivity index (χ1n) is 13.3. The van der Waals surface area contributed by atoms with E-state index in [9.17, 15) is 4.79 Å². The first-order valence-corrected chi connectivity index (χ1v) is 13.3. The fourth-order valence-corrected chi connectivity index (χ4v) is 5.98. The van der Waals surface area contributed by atoms with Crippen LogP contribution in [0.4, 0.5) is 4.39 Å². The Balaban J connectivity index is 1.70. The third-order valence-electron chi connectivity index (χ3n) is 7.68. The topological polar surface area (TPSA) is 79.4 Å². The van der Waals surface area contributed by atoms with Crippen molar-refractivity contribution in [2.45, 2.75) is 39.7 Å². The maximum Gasteiger partial charge on any atom is 0.356 e.